The topological polar surface area (TPSA) is 95.5 Å². The van der Waals surface area contributed by atoms with Crippen LogP contribution in [-0.2, 0) is 9.53 Å². The van der Waals surface area contributed by atoms with Crippen LogP contribution in [0.3, 0.4) is 0 Å². The van der Waals surface area contributed by atoms with Crippen molar-refractivity contribution in [3.05, 3.63) is 69.1 Å². The number of carbonyl (C=O) groups excluding carboxylic acids is 1. The number of hydrogen-bond acceptors (Lipinski definition) is 6. The van der Waals surface area contributed by atoms with E-state index in [0.717, 1.165) is 0 Å². The quantitative estimate of drug-likeness (QED) is 0.406. The third-order valence-corrected chi connectivity index (χ3v) is 3.96. The van der Waals surface area contributed by atoms with Crippen LogP contribution in [0.15, 0.2) is 47.2 Å². The number of carbonyl (C=O) groups is 1. The fourth-order valence-electron chi connectivity index (χ4n) is 2.48. The van der Waals surface area contributed by atoms with Gasteiger partial charge in [-0.1, -0.05) is 17.7 Å². The molecule has 0 radical (unpaired) electrons. The molecule has 0 fully saturated rings. The molecule has 0 N–H and O–H groups in total. The van der Waals surface area contributed by atoms with Gasteiger partial charge in [-0.2, -0.15) is 0 Å². The lowest BCUT2D eigenvalue weighted by Crippen LogP contribution is -2.16. The first-order valence-corrected chi connectivity index (χ1v) is 7.24. The van der Waals surface area contributed by atoms with Crippen LogP contribution in [0.5, 0.6) is 0 Å². The van der Waals surface area contributed by atoms with Gasteiger partial charge < -0.3 is 9.15 Å². The molecule has 0 aliphatic rings. The Hall–Kier alpha value is -2.93. The Morgan fingerprint density at radius 2 is 2.12 bits per heavy atom. The molecular weight excluding hydrogens is 336 g/mol. The summed E-state index contributed by atoms with van der Waals surface area (Å²) in [5, 5.41) is 11.0. The smallest absolute Gasteiger partial charge is 0.317 e. The SMILES string of the molecule is COC(=O)C(c1ccc2ncoc2c1)c1ccc([N+](=O)[O-])cc1Cl. The van der Waals surface area contributed by atoms with Gasteiger partial charge in [0.25, 0.3) is 5.69 Å². The van der Waals surface area contributed by atoms with Gasteiger partial charge in [0.05, 0.1) is 17.1 Å². The van der Waals surface area contributed by atoms with Crippen molar-refractivity contribution < 1.29 is 18.9 Å². The van der Waals surface area contributed by atoms with Gasteiger partial charge in [-0.3, -0.25) is 14.9 Å². The van der Waals surface area contributed by atoms with Gasteiger partial charge in [0.2, 0.25) is 0 Å². The second-order valence-electron chi connectivity index (χ2n) is 5.00. The minimum Gasteiger partial charge on any atom is -0.468 e. The summed E-state index contributed by atoms with van der Waals surface area (Å²) in [6.45, 7) is 0. The number of benzene rings is 2. The second-order valence-corrected chi connectivity index (χ2v) is 5.41. The van der Waals surface area contributed by atoms with E-state index in [1.807, 2.05) is 0 Å². The molecule has 0 bridgehead atoms. The number of oxazole rings is 1. The summed E-state index contributed by atoms with van der Waals surface area (Å²) >= 11 is 6.17. The molecule has 1 atom stereocenters. The zero-order chi connectivity index (χ0) is 17.3. The number of aromatic nitrogens is 1. The maximum absolute atomic E-state index is 12.3. The lowest BCUT2D eigenvalue weighted by atomic mass is 9.91. The number of nitro benzene ring substituents is 1. The van der Waals surface area contributed by atoms with Gasteiger partial charge in [-0.25, -0.2) is 4.98 Å². The van der Waals surface area contributed by atoms with Crippen molar-refractivity contribution in [3.63, 3.8) is 0 Å². The predicted octanol–water partition coefficient (Wildman–Crippen LogP) is 3.69. The number of esters is 1. The minimum absolute atomic E-state index is 0.109. The molecular formula is C16H11ClN2O5. The molecule has 2 aromatic carbocycles. The molecule has 0 spiro atoms. The lowest BCUT2D eigenvalue weighted by molar-refractivity contribution is -0.384. The van der Waals surface area contributed by atoms with Crippen molar-refractivity contribution in [2.75, 3.05) is 7.11 Å². The third kappa shape index (κ3) is 2.81. The molecule has 1 heterocycles. The first-order chi connectivity index (χ1) is 11.5. The van der Waals surface area contributed by atoms with Crippen LogP contribution in [0.4, 0.5) is 5.69 Å². The number of rotatable bonds is 4. The van der Waals surface area contributed by atoms with Crippen LogP contribution in [0.25, 0.3) is 11.1 Å². The normalized spacial score (nSPS) is 12.1. The Morgan fingerprint density at radius 3 is 2.79 bits per heavy atom. The first-order valence-electron chi connectivity index (χ1n) is 6.86. The van der Waals surface area contributed by atoms with E-state index in [4.69, 9.17) is 20.8 Å². The molecule has 8 heteroatoms. The van der Waals surface area contributed by atoms with Gasteiger partial charge in [0, 0.05) is 12.1 Å². The number of hydrogen-bond donors (Lipinski definition) is 0. The highest BCUT2D eigenvalue weighted by molar-refractivity contribution is 6.32. The van der Waals surface area contributed by atoms with Gasteiger partial charge in [0.15, 0.2) is 12.0 Å². The summed E-state index contributed by atoms with van der Waals surface area (Å²) in [4.78, 5) is 26.6. The van der Waals surface area contributed by atoms with E-state index in [9.17, 15) is 14.9 Å². The summed E-state index contributed by atoms with van der Waals surface area (Å²) in [6.07, 6.45) is 1.31. The lowest BCUT2D eigenvalue weighted by Gasteiger charge is -2.16. The van der Waals surface area contributed by atoms with Gasteiger partial charge in [0.1, 0.15) is 11.4 Å². The predicted molar refractivity (Wildman–Crippen MR) is 86.0 cm³/mol. The van der Waals surface area contributed by atoms with Gasteiger partial charge in [-0.05, 0) is 29.3 Å². The molecule has 24 heavy (non-hydrogen) atoms. The van der Waals surface area contributed by atoms with Gasteiger partial charge in [-0.15, -0.1) is 0 Å². The highest BCUT2D eigenvalue weighted by Crippen LogP contribution is 2.34. The highest BCUT2D eigenvalue weighted by atomic mass is 35.5. The average molecular weight is 347 g/mol. The maximum atomic E-state index is 12.3. The van der Waals surface area contributed by atoms with E-state index < -0.39 is 16.8 Å². The average Bonchev–Trinajstić information content (AvgIpc) is 3.03. The Kier molecular flexibility index (Phi) is 4.18. The summed E-state index contributed by atoms with van der Waals surface area (Å²) < 4.78 is 10.1. The largest absolute Gasteiger partial charge is 0.468 e. The molecule has 0 aliphatic carbocycles. The van der Waals surface area contributed by atoms with Crippen molar-refractivity contribution >= 4 is 34.4 Å². The molecule has 0 amide bonds. The van der Waals surface area contributed by atoms with Crippen LogP contribution < -0.4 is 0 Å². The molecule has 1 unspecified atom stereocenters. The zero-order valence-corrected chi connectivity index (χ0v) is 13.2. The Bertz CT molecular complexity index is 937. The number of halogens is 1. The molecule has 3 rings (SSSR count). The summed E-state index contributed by atoms with van der Waals surface area (Å²) in [6, 6.07) is 9.05. The fraction of sp³-hybridized carbons (Fsp3) is 0.125. The van der Waals surface area contributed by atoms with E-state index in [2.05, 4.69) is 4.98 Å². The number of nitro groups is 1. The van der Waals surface area contributed by atoms with Gasteiger partial charge >= 0.3 is 5.97 Å². The highest BCUT2D eigenvalue weighted by Gasteiger charge is 2.27. The second kappa shape index (κ2) is 6.29. The number of nitrogens with zero attached hydrogens (tertiary/aromatic N) is 2. The standard InChI is InChI=1S/C16H11ClN2O5/c1-23-16(20)15(9-2-5-13-14(6-9)24-8-18-13)11-4-3-10(19(21)22)7-12(11)17/h2-8,15H,1H3. The minimum atomic E-state index is -0.835. The monoisotopic (exact) mass is 346 g/mol. The molecule has 0 saturated heterocycles. The van der Waals surface area contributed by atoms with Crippen LogP contribution in [-0.4, -0.2) is 23.0 Å². The van der Waals surface area contributed by atoms with Crippen molar-refractivity contribution in [1.82, 2.24) is 4.98 Å². The number of ether oxygens (including phenoxy) is 1. The molecule has 122 valence electrons. The summed E-state index contributed by atoms with van der Waals surface area (Å²) in [5.74, 6) is -1.37. The van der Waals surface area contributed by atoms with E-state index in [0.29, 0.717) is 22.2 Å². The first kappa shape index (κ1) is 15.9. The summed E-state index contributed by atoms with van der Waals surface area (Å²) in [5.41, 5.74) is 2.00. The van der Waals surface area contributed by atoms with Crippen molar-refractivity contribution in [1.29, 1.82) is 0 Å². The van der Waals surface area contributed by atoms with Crippen LogP contribution >= 0.6 is 11.6 Å². The van der Waals surface area contributed by atoms with Crippen LogP contribution in [0.1, 0.15) is 17.0 Å². The number of non-ortho nitro benzene ring substituents is 1. The number of fused-ring (bicyclic) bond motifs is 1. The van der Waals surface area contributed by atoms with Crippen molar-refractivity contribution in [2.24, 2.45) is 0 Å². The molecule has 7 nitrogen and oxygen atoms in total. The van der Waals surface area contributed by atoms with Crippen molar-refractivity contribution in [3.8, 4) is 0 Å². The van der Waals surface area contributed by atoms with E-state index in [1.165, 1.54) is 31.7 Å². The van der Waals surface area contributed by atoms with E-state index >= 15 is 0 Å². The molecule has 0 aliphatic heterocycles. The Morgan fingerprint density at radius 1 is 1.33 bits per heavy atom. The fourth-order valence-corrected chi connectivity index (χ4v) is 2.76. The van der Waals surface area contributed by atoms with E-state index in [-0.39, 0.29) is 10.7 Å². The van der Waals surface area contributed by atoms with Crippen LogP contribution in [0, 0.1) is 10.1 Å². The third-order valence-electron chi connectivity index (χ3n) is 3.63. The molecule has 0 saturated carbocycles. The summed E-state index contributed by atoms with van der Waals surface area (Å²) in [7, 11) is 1.27. The Labute approximate surface area is 141 Å². The molecule has 1 aromatic heterocycles. The Balaban J connectivity index is 2.13. The maximum Gasteiger partial charge on any atom is 0.317 e. The zero-order valence-electron chi connectivity index (χ0n) is 12.4. The van der Waals surface area contributed by atoms with E-state index in [1.54, 1.807) is 18.2 Å². The molecule has 3 aromatic rings. The van der Waals surface area contributed by atoms with Crippen molar-refractivity contribution in [2.45, 2.75) is 5.92 Å². The van der Waals surface area contributed by atoms with Crippen LogP contribution in [0.2, 0.25) is 5.02 Å². The number of methoxy groups -OCH3 is 1.